The van der Waals surface area contributed by atoms with Crippen LogP contribution in [0.15, 0.2) is 29.6 Å². The Balaban J connectivity index is 1.39. The number of nitrogens with one attached hydrogen (secondary N) is 2. The van der Waals surface area contributed by atoms with Gasteiger partial charge in [-0.25, -0.2) is 9.78 Å². The molecule has 156 valence electrons. The number of benzene rings is 1. The summed E-state index contributed by atoms with van der Waals surface area (Å²) < 4.78 is 5.14. The van der Waals surface area contributed by atoms with E-state index >= 15 is 0 Å². The normalized spacial score (nSPS) is 14.5. The van der Waals surface area contributed by atoms with Crippen molar-refractivity contribution >= 4 is 28.4 Å². The number of nitrogens with zero attached hydrogens (tertiary/aromatic N) is 3. The molecule has 1 aliphatic heterocycles. The largest absolute Gasteiger partial charge is 0.497 e. The van der Waals surface area contributed by atoms with Crippen LogP contribution in [0.3, 0.4) is 0 Å². The van der Waals surface area contributed by atoms with Gasteiger partial charge in [0.25, 0.3) is 0 Å². The summed E-state index contributed by atoms with van der Waals surface area (Å²) in [5.41, 5.74) is 1.79. The van der Waals surface area contributed by atoms with Crippen LogP contribution in [0.1, 0.15) is 11.3 Å². The maximum atomic E-state index is 12.3. The Morgan fingerprint density at radius 3 is 2.59 bits per heavy atom. The van der Waals surface area contributed by atoms with Crippen molar-refractivity contribution in [1.82, 2.24) is 20.1 Å². The molecule has 8 nitrogen and oxygen atoms in total. The molecule has 1 fully saturated rings. The second-order valence-corrected chi connectivity index (χ2v) is 7.85. The molecule has 1 aliphatic rings. The predicted octanol–water partition coefficient (Wildman–Crippen LogP) is 1.83. The molecule has 1 saturated heterocycles. The van der Waals surface area contributed by atoms with Gasteiger partial charge in [-0.2, -0.15) is 0 Å². The SMILES string of the molecule is COc1ccc(CCNC(=O)Cc2csc(NC(=O)N3CCN(C)CC3)n2)cc1. The molecule has 0 spiro atoms. The van der Waals surface area contributed by atoms with Crippen LogP contribution in [-0.4, -0.2) is 73.6 Å². The van der Waals surface area contributed by atoms with Gasteiger partial charge in [-0.15, -0.1) is 11.3 Å². The van der Waals surface area contributed by atoms with E-state index in [1.165, 1.54) is 11.3 Å². The van der Waals surface area contributed by atoms with Crippen molar-refractivity contribution in [1.29, 1.82) is 0 Å². The highest BCUT2D eigenvalue weighted by Gasteiger charge is 2.20. The first-order valence-electron chi connectivity index (χ1n) is 9.62. The van der Waals surface area contributed by atoms with Crippen LogP contribution in [0.25, 0.3) is 0 Å². The topological polar surface area (TPSA) is 86.8 Å². The van der Waals surface area contributed by atoms with Gasteiger partial charge in [-0.1, -0.05) is 12.1 Å². The highest BCUT2D eigenvalue weighted by molar-refractivity contribution is 7.13. The van der Waals surface area contributed by atoms with Gasteiger partial charge in [0.05, 0.1) is 19.2 Å². The average molecular weight is 418 g/mol. The predicted molar refractivity (Wildman–Crippen MR) is 114 cm³/mol. The fraction of sp³-hybridized carbons (Fsp3) is 0.450. The van der Waals surface area contributed by atoms with E-state index < -0.39 is 0 Å². The van der Waals surface area contributed by atoms with E-state index in [4.69, 9.17) is 4.74 Å². The number of anilines is 1. The standard InChI is InChI=1S/C20H27N5O3S/c1-24-9-11-25(12-10-24)20(27)23-19-22-16(14-29-19)13-18(26)21-8-7-15-3-5-17(28-2)6-4-15/h3-6,14H,7-13H2,1-2H3,(H,21,26)(H,22,23,27). The number of carbonyl (C=O) groups is 2. The monoisotopic (exact) mass is 417 g/mol. The number of rotatable bonds is 7. The van der Waals surface area contributed by atoms with Gasteiger partial charge in [0, 0.05) is 38.1 Å². The number of aromatic nitrogens is 1. The number of urea groups is 1. The Morgan fingerprint density at radius 1 is 1.17 bits per heavy atom. The lowest BCUT2D eigenvalue weighted by molar-refractivity contribution is -0.120. The molecule has 0 saturated carbocycles. The number of hydrogen-bond acceptors (Lipinski definition) is 6. The molecule has 0 aliphatic carbocycles. The third kappa shape index (κ3) is 6.43. The Morgan fingerprint density at radius 2 is 1.90 bits per heavy atom. The smallest absolute Gasteiger partial charge is 0.323 e. The van der Waals surface area contributed by atoms with Crippen LogP contribution in [0.5, 0.6) is 5.75 Å². The van der Waals surface area contributed by atoms with Crippen molar-refractivity contribution in [3.8, 4) is 5.75 Å². The molecule has 1 aromatic heterocycles. The zero-order valence-corrected chi connectivity index (χ0v) is 17.6. The molecular formula is C20H27N5O3S. The summed E-state index contributed by atoms with van der Waals surface area (Å²) in [5, 5.41) is 8.07. The third-order valence-electron chi connectivity index (χ3n) is 4.79. The van der Waals surface area contributed by atoms with E-state index in [0.29, 0.717) is 30.5 Å². The third-order valence-corrected chi connectivity index (χ3v) is 5.60. The molecule has 2 N–H and O–H groups in total. The number of methoxy groups -OCH3 is 1. The number of likely N-dealkylation sites (N-methyl/N-ethyl adjacent to an activating group) is 1. The fourth-order valence-corrected chi connectivity index (χ4v) is 3.69. The molecule has 1 aromatic carbocycles. The molecule has 2 aromatic rings. The lowest BCUT2D eigenvalue weighted by atomic mass is 10.1. The Kier molecular flexibility index (Phi) is 7.42. The first-order chi connectivity index (χ1) is 14.0. The second kappa shape index (κ2) is 10.2. The zero-order chi connectivity index (χ0) is 20.6. The molecule has 0 radical (unpaired) electrons. The van der Waals surface area contributed by atoms with E-state index in [0.717, 1.165) is 30.8 Å². The second-order valence-electron chi connectivity index (χ2n) is 6.99. The number of hydrogen-bond donors (Lipinski definition) is 2. The van der Waals surface area contributed by atoms with Crippen LogP contribution in [-0.2, 0) is 17.6 Å². The highest BCUT2D eigenvalue weighted by Crippen LogP contribution is 2.17. The first-order valence-corrected chi connectivity index (χ1v) is 10.5. The van der Waals surface area contributed by atoms with Crippen LogP contribution in [0.4, 0.5) is 9.93 Å². The van der Waals surface area contributed by atoms with Crippen LogP contribution < -0.4 is 15.4 Å². The molecule has 9 heteroatoms. The first kappa shape index (κ1) is 21.1. The van der Waals surface area contributed by atoms with Gasteiger partial charge in [0.2, 0.25) is 5.91 Å². The summed E-state index contributed by atoms with van der Waals surface area (Å²) >= 11 is 1.34. The van der Waals surface area contributed by atoms with E-state index in [1.807, 2.05) is 36.7 Å². The molecule has 0 unspecified atom stereocenters. The quantitative estimate of drug-likeness (QED) is 0.718. The number of carbonyl (C=O) groups excluding carboxylic acids is 2. The van der Waals surface area contributed by atoms with E-state index in [1.54, 1.807) is 12.0 Å². The summed E-state index contributed by atoms with van der Waals surface area (Å²) in [5.74, 6) is 0.734. The lowest BCUT2D eigenvalue weighted by Gasteiger charge is -2.32. The number of amides is 3. The van der Waals surface area contributed by atoms with E-state index in [-0.39, 0.29) is 18.4 Å². The molecule has 29 heavy (non-hydrogen) atoms. The van der Waals surface area contributed by atoms with Crippen LogP contribution >= 0.6 is 11.3 Å². The summed E-state index contributed by atoms with van der Waals surface area (Å²) in [7, 11) is 3.68. The van der Waals surface area contributed by atoms with Crippen LogP contribution in [0.2, 0.25) is 0 Å². The van der Waals surface area contributed by atoms with Gasteiger partial charge in [0.1, 0.15) is 5.75 Å². The van der Waals surface area contributed by atoms with Crippen molar-refractivity contribution in [2.75, 3.05) is 52.2 Å². The molecule has 2 heterocycles. The molecule has 0 bridgehead atoms. The van der Waals surface area contributed by atoms with Gasteiger partial charge >= 0.3 is 6.03 Å². The van der Waals surface area contributed by atoms with Crippen LogP contribution in [0, 0.1) is 0 Å². The summed E-state index contributed by atoms with van der Waals surface area (Å²) in [6.45, 7) is 3.71. The van der Waals surface area contributed by atoms with Gasteiger partial charge < -0.3 is 19.9 Å². The minimum Gasteiger partial charge on any atom is -0.497 e. The fourth-order valence-electron chi connectivity index (χ4n) is 2.99. The van der Waals surface area contributed by atoms with Crippen molar-refractivity contribution in [2.45, 2.75) is 12.8 Å². The number of ether oxygens (including phenoxy) is 1. The zero-order valence-electron chi connectivity index (χ0n) is 16.8. The maximum absolute atomic E-state index is 12.3. The molecule has 3 rings (SSSR count). The minimum atomic E-state index is -0.136. The van der Waals surface area contributed by atoms with Gasteiger partial charge in [-0.3, -0.25) is 10.1 Å². The molecule has 0 atom stereocenters. The molecular weight excluding hydrogens is 390 g/mol. The highest BCUT2D eigenvalue weighted by atomic mass is 32.1. The van der Waals surface area contributed by atoms with E-state index in [2.05, 4.69) is 20.5 Å². The average Bonchev–Trinajstić information content (AvgIpc) is 3.15. The minimum absolute atomic E-state index is 0.0826. The Bertz CT molecular complexity index is 816. The lowest BCUT2D eigenvalue weighted by Crippen LogP contribution is -2.48. The van der Waals surface area contributed by atoms with Crippen molar-refractivity contribution in [3.05, 3.63) is 40.9 Å². The van der Waals surface area contributed by atoms with Crippen molar-refractivity contribution in [2.24, 2.45) is 0 Å². The number of piperazine rings is 1. The van der Waals surface area contributed by atoms with Crippen molar-refractivity contribution < 1.29 is 14.3 Å². The summed E-state index contributed by atoms with van der Waals surface area (Å²) in [6.07, 6.45) is 0.947. The Hall–Kier alpha value is -2.65. The maximum Gasteiger partial charge on any atom is 0.323 e. The molecule has 3 amide bonds. The summed E-state index contributed by atoms with van der Waals surface area (Å²) in [4.78, 5) is 32.8. The van der Waals surface area contributed by atoms with Gasteiger partial charge in [-0.05, 0) is 31.2 Å². The van der Waals surface area contributed by atoms with Crippen molar-refractivity contribution in [3.63, 3.8) is 0 Å². The number of thiazole rings is 1. The summed E-state index contributed by atoms with van der Waals surface area (Å²) in [6, 6.07) is 7.65. The Labute approximate surface area is 174 Å². The van der Waals surface area contributed by atoms with E-state index in [9.17, 15) is 9.59 Å². The van der Waals surface area contributed by atoms with Gasteiger partial charge in [0.15, 0.2) is 5.13 Å².